The first kappa shape index (κ1) is 15.7. The molecule has 1 atom stereocenters. The van der Waals surface area contributed by atoms with E-state index in [1.165, 1.54) is 0 Å². The lowest BCUT2D eigenvalue weighted by Gasteiger charge is -2.25. The fourth-order valence-corrected chi connectivity index (χ4v) is 3.31. The predicted molar refractivity (Wildman–Crippen MR) is 91.9 cm³/mol. The molecule has 1 unspecified atom stereocenters. The molecule has 4 nitrogen and oxygen atoms in total. The molecule has 3 rings (SSSR count). The van der Waals surface area contributed by atoms with Gasteiger partial charge in [-0.05, 0) is 48.7 Å². The number of likely N-dealkylation sites (tertiary alicyclic amines) is 1. The van der Waals surface area contributed by atoms with E-state index in [-0.39, 0.29) is 11.9 Å². The van der Waals surface area contributed by atoms with E-state index in [9.17, 15) is 4.79 Å². The van der Waals surface area contributed by atoms with Crippen LogP contribution in [0.3, 0.4) is 0 Å². The molecule has 1 aliphatic heterocycles. The first-order valence-electron chi connectivity index (χ1n) is 7.60. The Kier molecular flexibility index (Phi) is 4.44. The molecule has 0 aromatic heterocycles. The number of ether oxygens (including phenoxy) is 1. The van der Waals surface area contributed by atoms with Crippen LogP contribution in [0.5, 0.6) is 5.75 Å². The summed E-state index contributed by atoms with van der Waals surface area (Å²) in [5.74, 6) is 0.763. The Balaban J connectivity index is 1.86. The number of carbonyl (C=O) groups excluding carboxylic acids is 1. The summed E-state index contributed by atoms with van der Waals surface area (Å²) in [5.41, 5.74) is 7.88. The minimum Gasteiger partial charge on any atom is -0.497 e. The fraction of sp³-hybridized carbons (Fsp3) is 0.278. The molecule has 2 aromatic carbocycles. The molecule has 2 aromatic rings. The Hall–Kier alpha value is -2.20. The number of benzene rings is 2. The lowest BCUT2D eigenvalue weighted by Crippen LogP contribution is -2.30. The molecular formula is C18H19ClN2O2. The highest BCUT2D eigenvalue weighted by Crippen LogP contribution is 2.35. The van der Waals surface area contributed by atoms with Crippen LogP contribution < -0.4 is 10.5 Å². The van der Waals surface area contributed by atoms with Gasteiger partial charge in [0.05, 0.1) is 23.7 Å². The third kappa shape index (κ3) is 3.13. The number of carbonyl (C=O) groups is 1. The van der Waals surface area contributed by atoms with E-state index >= 15 is 0 Å². The van der Waals surface area contributed by atoms with E-state index in [1.807, 2.05) is 29.2 Å². The maximum Gasteiger partial charge on any atom is 0.255 e. The third-order valence-electron chi connectivity index (χ3n) is 4.24. The summed E-state index contributed by atoms with van der Waals surface area (Å²) in [6.07, 6.45) is 1.93. The average Bonchev–Trinajstić information content (AvgIpc) is 3.04. The zero-order valence-electron chi connectivity index (χ0n) is 13.0. The molecular weight excluding hydrogens is 312 g/mol. The quantitative estimate of drug-likeness (QED) is 0.868. The van der Waals surface area contributed by atoms with Crippen molar-refractivity contribution in [3.63, 3.8) is 0 Å². The second-order valence-electron chi connectivity index (χ2n) is 5.67. The van der Waals surface area contributed by atoms with Gasteiger partial charge in [0.1, 0.15) is 5.75 Å². The van der Waals surface area contributed by atoms with Gasteiger partial charge in [0, 0.05) is 12.2 Å². The van der Waals surface area contributed by atoms with E-state index in [4.69, 9.17) is 22.1 Å². The van der Waals surface area contributed by atoms with Crippen molar-refractivity contribution in [3.05, 3.63) is 58.6 Å². The Morgan fingerprint density at radius 1 is 1.26 bits per heavy atom. The molecule has 120 valence electrons. The molecule has 5 heteroatoms. The Bertz CT molecular complexity index is 715. The minimum atomic E-state index is -0.0479. The first-order chi connectivity index (χ1) is 11.1. The van der Waals surface area contributed by atoms with Crippen LogP contribution in [-0.4, -0.2) is 24.5 Å². The maximum atomic E-state index is 12.9. The van der Waals surface area contributed by atoms with Gasteiger partial charge in [-0.15, -0.1) is 0 Å². The summed E-state index contributed by atoms with van der Waals surface area (Å²) in [6.45, 7) is 0.732. The van der Waals surface area contributed by atoms with Crippen LogP contribution in [0.2, 0.25) is 5.02 Å². The SMILES string of the molecule is COc1ccc(C2CCCN2C(=O)c2ccc(N)cc2Cl)cc1. The van der Waals surface area contributed by atoms with Crippen molar-refractivity contribution in [1.82, 2.24) is 4.90 Å². The van der Waals surface area contributed by atoms with Gasteiger partial charge in [0.25, 0.3) is 5.91 Å². The summed E-state index contributed by atoms with van der Waals surface area (Å²) in [5, 5.41) is 0.399. The molecule has 1 aliphatic rings. The molecule has 1 amide bonds. The monoisotopic (exact) mass is 330 g/mol. The molecule has 0 spiro atoms. The second-order valence-corrected chi connectivity index (χ2v) is 6.08. The highest BCUT2D eigenvalue weighted by molar-refractivity contribution is 6.34. The average molecular weight is 331 g/mol. The number of nitrogens with two attached hydrogens (primary N) is 1. The van der Waals surface area contributed by atoms with E-state index in [0.29, 0.717) is 16.3 Å². The normalized spacial score (nSPS) is 17.3. The molecule has 1 saturated heterocycles. The van der Waals surface area contributed by atoms with E-state index in [1.54, 1.807) is 25.3 Å². The molecule has 0 radical (unpaired) electrons. The summed E-state index contributed by atoms with van der Waals surface area (Å²) in [6, 6.07) is 13.0. The van der Waals surface area contributed by atoms with Crippen LogP contribution in [-0.2, 0) is 0 Å². The van der Waals surface area contributed by atoms with Crippen molar-refractivity contribution in [1.29, 1.82) is 0 Å². The van der Waals surface area contributed by atoms with E-state index in [2.05, 4.69) is 0 Å². The van der Waals surface area contributed by atoms with E-state index in [0.717, 1.165) is 30.7 Å². The topological polar surface area (TPSA) is 55.6 Å². The number of anilines is 1. The van der Waals surface area contributed by atoms with Crippen molar-refractivity contribution < 1.29 is 9.53 Å². The van der Waals surface area contributed by atoms with Gasteiger partial charge in [-0.1, -0.05) is 23.7 Å². The van der Waals surface area contributed by atoms with Crippen molar-refractivity contribution in [3.8, 4) is 5.75 Å². The molecule has 1 fully saturated rings. The van der Waals surface area contributed by atoms with Crippen molar-refractivity contribution in [2.24, 2.45) is 0 Å². The van der Waals surface area contributed by atoms with Crippen molar-refractivity contribution in [2.45, 2.75) is 18.9 Å². The number of nitrogen functional groups attached to an aromatic ring is 1. The summed E-state index contributed by atoms with van der Waals surface area (Å²) in [4.78, 5) is 14.8. The van der Waals surface area contributed by atoms with Gasteiger partial charge in [0.2, 0.25) is 0 Å². The van der Waals surface area contributed by atoms with Crippen LogP contribution in [0.15, 0.2) is 42.5 Å². The molecule has 0 bridgehead atoms. The van der Waals surface area contributed by atoms with Crippen LogP contribution in [0.4, 0.5) is 5.69 Å². The minimum absolute atomic E-state index is 0.0479. The van der Waals surface area contributed by atoms with Gasteiger partial charge in [0.15, 0.2) is 0 Å². The third-order valence-corrected chi connectivity index (χ3v) is 4.55. The number of amides is 1. The smallest absolute Gasteiger partial charge is 0.255 e. The molecule has 0 aliphatic carbocycles. The number of hydrogen-bond acceptors (Lipinski definition) is 3. The summed E-state index contributed by atoms with van der Waals surface area (Å²) in [7, 11) is 1.64. The summed E-state index contributed by atoms with van der Waals surface area (Å²) < 4.78 is 5.19. The van der Waals surface area contributed by atoms with Gasteiger partial charge in [-0.2, -0.15) is 0 Å². The highest BCUT2D eigenvalue weighted by Gasteiger charge is 2.31. The van der Waals surface area contributed by atoms with Gasteiger partial charge in [-0.25, -0.2) is 0 Å². The Morgan fingerprint density at radius 2 is 2.00 bits per heavy atom. The maximum absolute atomic E-state index is 12.9. The number of halogens is 1. The first-order valence-corrected chi connectivity index (χ1v) is 7.98. The van der Waals surface area contributed by atoms with Crippen LogP contribution in [0.1, 0.15) is 34.8 Å². The van der Waals surface area contributed by atoms with Crippen LogP contribution in [0.25, 0.3) is 0 Å². The molecule has 2 N–H and O–H groups in total. The zero-order valence-corrected chi connectivity index (χ0v) is 13.7. The van der Waals surface area contributed by atoms with Crippen LogP contribution in [0, 0.1) is 0 Å². The van der Waals surface area contributed by atoms with Gasteiger partial charge in [-0.3, -0.25) is 4.79 Å². The highest BCUT2D eigenvalue weighted by atomic mass is 35.5. The largest absolute Gasteiger partial charge is 0.497 e. The lowest BCUT2D eigenvalue weighted by atomic mass is 10.0. The number of nitrogens with zero attached hydrogens (tertiary/aromatic N) is 1. The van der Waals surface area contributed by atoms with Crippen molar-refractivity contribution in [2.75, 3.05) is 19.4 Å². The number of methoxy groups -OCH3 is 1. The lowest BCUT2D eigenvalue weighted by molar-refractivity contribution is 0.0736. The summed E-state index contributed by atoms with van der Waals surface area (Å²) >= 11 is 6.19. The Morgan fingerprint density at radius 3 is 2.65 bits per heavy atom. The number of rotatable bonds is 3. The second kappa shape index (κ2) is 6.50. The standard InChI is InChI=1S/C18H19ClN2O2/c1-23-14-7-4-12(5-8-14)17-3-2-10-21(17)18(22)15-9-6-13(20)11-16(15)19/h4-9,11,17H,2-3,10,20H2,1H3. The zero-order chi connectivity index (χ0) is 16.4. The van der Waals surface area contributed by atoms with E-state index < -0.39 is 0 Å². The van der Waals surface area contributed by atoms with Crippen LogP contribution >= 0.6 is 11.6 Å². The molecule has 1 heterocycles. The molecule has 23 heavy (non-hydrogen) atoms. The van der Waals surface area contributed by atoms with Gasteiger partial charge >= 0.3 is 0 Å². The van der Waals surface area contributed by atoms with Gasteiger partial charge < -0.3 is 15.4 Å². The van der Waals surface area contributed by atoms with Crippen molar-refractivity contribution >= 4 is 23.2 Å². The predicted octanol–water partition coefficient (Wildman–Crippen LogP) is 3.91. The Labute approximate surface area is 140 Å². The number of hydrogen-bond donors (Lipinski definition) is 1. The molecule has 0 saturated carbocycles. The fourth-order valence-electron chi connectivity index (χ4n) is 3.04.